The first-order chi connectivity index (χ1) is 8.93. The monoisotopic (exact) mass is 324 g/mol. The Morgan fingerprint density at radius 2 is 1.70 bits per heavy atom. The molecule has 0 amide bonds. The van der Waals surface area contributed by atoms with Crippen LogP contribution in [0.3, 0.4) is 0 Å². The minimum Gasteiger partial charge on any atom is -0.481 e. The van der Waals surface area contributed by atoms with E-state index in [0.29, 0.717) is 6.26 Å². The van der Waals surface area contributed by atoms with Gasteiger partial charge in [0.15, 0.2) is 19.7 Å². The summed E-state index contributed by atoms with van der Waals surface area (Å²) >= 11 is 0. The Labute approximate surface area is 116 Å². The largest absolute Gasteiger partial charge is 0.481 e. The van der Waals surface area contributed by atoms with Gasteiger partial charge in [0.1, 0.15) is 10.7 Å². The maximum atomic E-state index is 13.9. The van der Waals surface area contributed by atoms with Crippen molar-refractivity contribution in [2.45, 2.75) is 22.6 Å². The highest BCUT2D eigenvalue weighted by Crippen LogP contribution is 2.26. The van der Waals surface area contributed by atoms with Crippen LogP contribution in [0.2, 0.25) is 0 Å². The van der Waals surface area contributed by atoms with Gasteiger partial charge in [-0.25, -0.2) is 21.2 Å². The van der Waals surface area contributed by atoms with E-state index in [2.05, 4.69) is 0 Å². The smallest absolute Gasteiger partial charge is 0.303 e. The molecule has 20 heavy (non-hydrogen) atoms. The lowest BCUT2D eigenvalue weighted by molar-refractivity contribution is -0.136. The third kappa shape index (κ3) is 4.01. The lowest BCUT2D eigenvalue weighted by Crippen LogP contribution is -2.11. The van der Waals surface area contributed by atoms with Gasteiger partial charge >= 0.3 is 5.97 Å². The zero-order chi connectivity index (χ0) is 15.7. The maximum Gasteiger partial charge on any atom is 0.303 e. The van der Waals surface area contributed by atoms with Crippen LogP contribution in [0, 0.1) is 5.82 Å². The molecule has 0 saturated carbocycles. The van der Waals surface area contributed by atoms with E-state index < -0.39 is 41.3 Å². The van der Waals surface area contributed by atoms with E-state index in [0.717, 1.165) is 18.4 Å². The van der Waals surface area contributed by atoms with Crippen molar-refractivity contribution in [2.75, 3.05) is 12.5 Å². The number of benzene rings is 1. The molecular formula is C11H13FO6S2. The van der Waals surface area contributed by atoms with Crippen LogP contribution in [0.1, 0.15) is 12.0 Å². The number of rotatable bonds is 5. The number of hydrogen-bond donors (Lipinski definition) is 1. The highest BCUT2D eigenvalue weighted by molar-refractivity contribution is 7.93. The second-order valence-corrected chi connectivity index (χ2v) is 8.28. The quantitative estimate of drug-likeness (QED) is 0.852. The molecule has 0 radical (unpaired) electrons. The number of carboxylic acids is 1. The van der Waals surface area contributed by atoms with Crippen molar-refractivity contribution in [1.29, 1.82) is 0 Å². The zero-order valence-corrected chi connectivity index (χ0v) is 12.4. The molecule has 112 valence electrons. The van der Waals surface area contributed by atoms with Crippen LogP contribution in [-0.2, 0) is 30.9 Å². The zero-order valence-electron chi connectivity index (χ0n) is 10.8. The van der Waals surface area contributed by atoms with Gasteiger partial charge in [-0.3, -0.25) is 4.79 Å². The van der Waals surface area contributed by atoms with Crippen LogP contribution in [0.5, 0.6) is 0 Å². The Bertz CT molecular complexity index is 749. The third-order valence-corrected chi connectivity index (χ3v) is 4.87. The van der Waals surface area contributed by atoms with E-state index >= 15 is 0 Å². The van der Waals surface area contributed by atoms with Crippen LogP contribution in [-0.4, -0.2) is 40.4 Å². The van der Waals surface area contributed by atoms with Crippen molar-refractivity contribution in [1.82, 2.24) is 0 Å². The predicted molar refractivity (Wildman–Crippen MR) is 68.6 cm³/mol. The Morgan fingerprint density at radius 3 is 2.10 bits per heavy atom. The van der Waals surface area contributed by atoms with Gasteiger partial charge in [-0.05, 0) is 24.1 Å². The van der Waals surface area contributed by atoms with Gasteiger partial charge in [0, 0.05) is 18.9 Å². The van der Waals surface area contributed by atoms with Gasteiger partial charge in [-0.15, -0.1) is 0 Å². The molecule has 0 aromatic heterocycles. The topological polar surface area (TPSA) is 106 Å². The van der Waals surface area contributed by atoms with Gasteiger partial charge in [0.2, 0.25) is 0 Å². The van der Waals surface area contributed by atoms with E-state index in [9.17, 15) is 26.0 Å². The van der Waals surface area contributed by atoms with Crippen molar-refractivity contribution in [2.24, 2.45) is 0 Å². The highest BCUT2D eigenvalue weighted by atomic mass is 32.2. The van der Waals surface area contributed by atoms with Gasteiger partial charge < -0.3 is 5.11 Å². The minimum absolute atomic E-state index is 0.0984. The second kappa shape index (κ2) is 5.49. The molecule has 0 aliphatic rings. The van der Waals surface area contributed by atoms with Crippen LogP contribution in [0.4, 0.5) is 4.39 Å². The molecule has 1 aromatic carbocycles. The lowest BCUT2D eigenvalue weighted by Gasteiger charge is -2.10. The Kier molecular flexibility index (Phi) is 4.55. The van der Waals surface area contributed by atoms with Crippen molar-refractivity contribution in [3.63, 3.8) is 0 Å². The number of halogens is 1. The molecule has 0 heterocycles. The van der Waals surface area contributed by atoms with E-state index in [4.69, 9.17) is 5.11 Å². The number of aliphatic carboxylic acids is 1. The molecule has 0 saturated heterocycles. The number of carbonyl (C=O) groups is 1. The molecule has 0 aliphatic carbocycles. The fourth-order valence-electron chi connectivity index (χ4n) is 1.65. The van der Waals surface area contributed by atoms with E-state index in [1.54, 1.807) is 0 Å². The molecule has 0 atom stereocenters. The average molecular weight is 324 g/mol. The standard InChI is InChI=1S/C11H13FO6S2/c1-19(15,16)9-6-7(3-4-10(13)14)5-8(12)11(9)20(2,17)18/h5-6H,3-4H2,1-2H3,(H,13,14). The number of hydrogen-bond acceptors (Lipinski definition) is 5. The number of aryl methyl sites for hydroxylation is 1. The molecule has 0 bridgehead atoms. The summed E-state index contributed by atoms with van der Waals surface area (Å²) in [7, 11) is -8.03. The van der Waals surface area contributed by atoms with E-state index in [-0.39, 0.29) is 18.4 Å². The molecule has 0 unspecified atom stereocenters. The van der Waals surface area contributed by atoms with Gasteiger partial charge in [0.05, 0.1) is 4.90 Å². The van der Waals surface area contributed by atoms with Gasteiger partial charge in [-0.1, -0.05) is 0 Å². The van der Waals surface area contributed by atoms with Crippen molar-refractivity contribution in [3.8, 4) is 0 Å². The Hall–Kier alpha value is -1.48. The van der Waals surface area contributed by atoms with Crippen molar-refractivity contribution >= 4 is 25.6 Å². The first-order valence-electron chi connectivity index (χ1n) is 5.37. The second-order valence-electron chi connectivity index (χ2n) is 4.34. The fraction of sp³-hybridized carbons (Fsp3) is 0.364. The van der Waals surface area contributed by atoms with Crippen LogP contribution >= 0.6 is 0 Å². The Morgan fingerprint density at radius 1 is 1.15 bits per heavy atom. The molecular weight excluding hydrogens is 311 g/mol. The summed E-state index contributed by atoms with van der Waals surface area (Å²) in [5, 5.41) is 8.55. The normalized spacial score (nSPS) is 12.3. The van der Waals surface area contributed by atoms with Gasteiger partial charge in [0.25, 0.3) is 0 Å². The van der Waals surface area contributed by atoms with Crippen LogP contribution in [0.15, 0.2) is 21.9 Å². The highest BCUT2D eigenvalue weighted by Gasteiger charge is 2.25. The molecule has 1 aromatic rings. The molecule has 1 N–H and O–H groups in total. The van der Waals surface area contributed by atoms with E-state index in [1.807, 2.05) is 0 Å². The average Bonchev–Trinajstić information content (AvgIpc) is 2.22. The minimum atomic E-state index is -4.07. The molecule has 9 heteroatoms. The number of sulfone groups is 2. The molecule has 6 nitrogen and oxygen atoms in total. The fourth-order valence-corrected chi connectivity index (χ4v) is 4.20. The predicted octanol–water partition coefficient (Wildman–Crippen LogP) is 0.650. The van der Waals surface area contributed by atoms with Crippen LogP contribution < -0.4 is 0 Å². The number of carboxylic acid groups (broad SMARTS) is 1. The first-order valence-corrected chi connectivity index (χ1v) is 9.15. The summed E-state index contributed by atoms with van der Waals surface area (Å²) in [6.07, 6.45) is 1.05. The van der Waals surface area contributed by atoms with Gasteiger partial charge in [-0.2, -0.15) is 0 Å². The molecule has 0 fully saturated rings. The third-order valence-electron chi connectivity index (χ3n) is 2.47. The summed E-state index contributed by atoms with van der Waals surface area (Å²) in [5.74, 6) is -2.32. The van der Waals surface area contributed by atoms with Crippen LogP contribution in [0.25, 0.3) is 0 Å². The first kappa shape index (κ1) is 16.6. The summed E-state index contributed by atoms with van der Waals surface area (Å²) in [5.41, 5.74) is 0.109. The molecule has 0 spiro atoms. The SMILES string of the molecule is CS(=O)(=O)c1cc(CCC(=O)O)cc(F)c1S(C)(=O)=O. The summed E-state index contributed by atoms with van der Waals surface area (Å²) < 4.78 is 60.1. The molecule has 0 aliphatic heterocycles. The summed E-state index contributed by atoms with van der Waals surface area (Å²) in [6, 6.07) is 1.84. The van der Waals surface area contributed by atoms with Crippen molar-refractivity contribution in [3.05, 3.63) is 23.5 Å². The lowest BCUT2D eigenvalue weighted by atomic mass is 10.1. The van der Waals surface area contributed by atoms with Crippen molar-refractivity contribution < 1.29 is 31.1 Å². The summed E-state index contributed by atoms with van der Waals surface area (Å²) in [6.45, 7) is 0. The summed E-state index contributed by atoms with van der Waals surface area (Å²) in [4.78, 5) is 8.92. The Balaban J connectivity index is 3.54. The molecule has 1 rings (SSSR count). The maximum absolute atomic E-state index is 13.9. The van der Waals surface area contributed by atoms with E-state index in [1.165, 1.54) is 0 Å².